The summed E-state index contributed by atoms with van der Waals surface area (Å²) < 4.78 is 0. The van der Waals surface area contributed by atoms with Gasteiger partial charge in [0.1, 0.15) is 6.10 Å². The fourth-order valence-electron chi connectivity index (χ4n) is 2.66. The Labute approximate surface area is 101 Å². The first kappa shape index (κ1) is 12.3. The van der Waals surface area contributed by atoms with E-state index < -0.39 is 11.7 Å². The molecule has 1 aliphatic carbocycles. The van der Waals surface area contributed by atoms with Crippen molar-refractivity contribution in [3.8, 4) is 0 Å². The van der Waals surface area contributed by atoms with E-state index in [4.69, 9.17) is 0 Å². The van der Waals surface area contributed by atoms with Crippen LogP contribution in [0.25, 0.3) is 0 Å². The highest BCUT2D eigenvalue weighted by atomic mass is 16.3. The van der Waals surface area contributed by atoms with Crippen LogP contribution in [-0.4, -0.2) is 21.6 Å². The maximum absolute atomic E-state index is 11.5. The molecule has 0 bridgehead atoms. The first-order valence-corrected chi connectivity index (χ1v) is 5.88. The molecule has 0 unspecified atom stereocenters. The van der Waals surface area contributed by atoms with Gasteiger partial charge in [-0.2, -0.15) is 0 Å². The third-order valence-electron chi connectivity index (χ3n) is 3.90. The lowest BCUT2D eigenvalue weighted by atomic mass is 9.73. The van der Waals surface area contributed by atoms with E-state index in [-0.39, 0.29) is 5.78 Å². The molecule has 0 saturated heterocycles. The quantitative estimate of drug-likeness (QED) is 0.776. The largest absolute Gasteiger partial charge is 0.385 e. The molecule has 3 nitrogen and oxygen atoms in total. The predicted octanol–water partition coefficient (Wildman–Crippen LogP) is 1.60. The van der Waals surface area contributed by atoms with Crippen molar-refractivity contribution in [1.29, 1.82) is 0 Å². The summed E-state index contributed by atoms with van der Waals surface area (Å²) in [5.74, 6) is -0.364. The van der Waals surface area contributed by atoms with Gasteiger partial charge in [-0.1, -0.05) is 12.1 Å². The molecule has 0 aliphatic heterocycles. The van der Waals surface area contributed by atoms with Crippen molar-refractivity contribution in [3.05, 3.63) is 34.4 Å². The Balaban J connectivity index is 2.60. The Morgan fingerprint density at radius 1 is 1.35 bits per heavy atom. The zero-order valence-electron chi connectivity index (χ0n) is 10.4. The fraction of sp³-hybridized carbons (Fsp3) is 0.500. The van der Waals surface area contributed by atoms with Gasteiger partial charge in [0.05, 0.1) is 0 Å². The zero-order chi connectivity index (χ0) is 12.8. The lowest BCUT2D eigenvalue weighted by Gasteiger charge is -2.37. The van der Waals surface area contributed by atoms with E-state index >= 15 is 0 Å². The van der Waals surface area contributed by atoms with Crippen LogP contribution in [-0.2, 0) is 11.2 Å². The van der Waals surface area contributed by atoms with Crippen LogP contribution in [0, 0.1) is 13.8 Å². The number of rotatable bonds is 1. The highest BCUT2D eigenvalue weighted by Crippen LogP contribution is 2.40. The average Bonchev–Trinajstić information content (AvgIpc) is 2.27. The number of Topliss-reactive ketones (excluding diaryl/α,β-unsaturated/α-hetero) is 1. The van der Waals surface area contributed by atoms with Crippen LogP contribution in [0.2, 0.25) is 0 Å². The highest BCUT2D eigenvalue weighted by Gasteiger charge is 2.45. The summed E-state index contributed by atoms with van der Waals surface area (Å²) >= 11 is 0. The molecular formula is C14H18O3. The van der Waals surface area contributed by atoms with E-state index in [0.29, 0.717) is 12.8 Å². The van der Waals surface area contributed by atoms with Crippen molar-refractivity contribution in [2.45, 2.75) is 45.3 Å². The highest BCUT2D eigenvalue weighted by molar-refractivity contribution is 5.86. The summed E-state index contributed by atoms with van der Waals surface area (Å²) in [6.45, 7) is 5.22. The number of hydrogen-bond donors (Lipinski definition) is 2. The summed E-state index contributed by atoms with van der Waals surface area (Å²) in [5, 5.41) is 20.6. The Hall–Kier alpha value is -1.19. The number of fused-ring (bicyclic) bond motifs is 1. The topological polar surface area (TPSA) is 57.5 Å². The molecule has 2 rings (SSSR count). The average molecular weight is 234 g/mol. The van der Waals surface area contributed by atoms with Crippen LogP contribution >= 0.6 is 0 Å². The van der Waals surface area contributed by atoms with Crippen molar-refractivity contribution < 1.29 is 15.0 Å². The lowest BCUT2D eigenvalue weighted by Crippen LogP contribution is -2.46. The van der Waals surface area contributed by atoms with Crippen molar-refractivity contribution >= 4 is 5.78 Å². The third-order valence-corrected chi connectivity index (χ3v) is 3.90. The lowest BCUT2D eigenvalue weighted by molar-refractivity contribution is -0.151. The maximum atomic E-state index is 11.5. The van der Waals surface area contributed by atoms with Crippen LogP contribution in [0.4, 0.5) is 0 Å². The second-order valence-electron chi connectivity index (χ2n) is 4.97. The van der Waals surface area contributed by atoms with Crippen LogP contribution in [0.3, 0.4) is 0 Å². The number of aliphatic hydroxyl groups is 2. The molecule has 0 saturated carbocycles. The van der Waals surface area contributed by atoms with Gasteiger partial charge in [0.15, 0.2) is 11.4 Å². The van der Waals surface area contributed by atoms with Crippen LogP contribution in [0.1, 0.15) is 41.7 Å². The Kier molecular flexibility index (Phi) is 2.84. The van der Waals surface area contributed by atoms with E-state index in [2.05, 4.69) is 0 Å². The van der Waals surface area contributed by atoms with Crippen molar-refractivity contribution in [1.82, 2.24) is 0 Å². The molecular weight excluding hydrogens is 216 g/mol. The Morgan fingerprint density at radius 3 is 2.53 bits per heavy atom. The van der Waals surface area contributed by atoms with Crippen LogP contribution in [0.5, 0.6) is 0 Å². The van der Waals surface area contributed by atoms with Gasteiger partial charge in [-0.25, -0.2) is 0 Å². The molecule has 1 aromatic carbocycles. The summed E-state index contributed by atoms with van der Waals surface area (Å²) in [6.07, 6.45) is -0.180. The second kappa shape index (κ2) is 3.93. The van der Waals surface area contributed by atoms with Gasteiger partial charge in [-0.3, -0.25) is 4.79 Å². The number of benzene rings is 1. The second-order valence-corrected chi connectivity index (χ2v) is 4.97. The van der Waals surface area contributed by atoms with Crippen molar-refractivity contribution in [3.63, 3.8) is 0 Å². The molecule has 0 radical (unpaired) electrons. The monoisotopic (exact) mass is 234 g/mol. The minimum atomic E-state index is -1.62. The van der Waals surface area contributed by atoms with Gasteiger partial charge in [-0.15, -0.1) is 0 Å². The molecule has 17 heavy (non-hydrogen) atoms. The standard InChI is InChI=1S/C14H18O3/c1-8-4-5-9(2)12-11(8)6-7-14(17,10(3)15)13(12)16/h4-5,13,16-17H,6-7H2,1-3H3/t13-,14-/m0/s1. The van der Waals surface area contributed by atoms with Crippen molar-refractivity contribution in [2.24, 2.45) is 0 Å². The van der Waals surface area contributed by atoms with Gasteiger partial charge in [0.2, 0.25) is 0 Å². The number of ketones is 1. The summed E-state index contributed by atoms with van der Waals surface area (Å²) in [6, 6.07) is 3.93. The van der Waals surface area contributed by atoms with Gasteiger partial charge in [0.25, 0.3) is 0 Å². The van der Waals surface area contributed by atoms with E-state index in [1.54, 1.807) is 0 Å². The number of carbonyl (C=O) groups excluding carboxylic acids is 1. The molecule has 1 aliphatic rings. The van der Waals surface area contributed by atoms with E-state index in [0.717, 1.165) is 22.3 Å². The minimum absolute atomic E-state index is 0.292. The van der Waals surface area contributed by atoms with Gasteiger partial charge >= 0.3 is 0 Å². The molecule has 2 N–H and O–H groups in total. The molecule has 0 heterocycles. The normalized spacial score (nSPS) is 27.7. The zero-order valence-corrected chi connectivity index (χ0v) is 10.4. The molecule has 1 aromatic rings. The van der Waals surface area contributed by atoms with Crippen LogP contribution in [0.15, 0.2) is 12.1 Å². The number of carbonyl (C=O) groups is 1. The maximum Gasteiger partial charge on any atom is 0.164 e. The summed E-state index contributed by atoms with van der Waals surface area (Å²) in [4.78, 5) is 11.5. The van der Waals surface area contributed by atoms with E-state index in [1.165, 1.54) is 6.92 Å². The molecule has 3 heteroatoms. The predicted molar refractivity (Wildman–Crippen MR) is 64.8 cm³/mol. The molecule has 2 atom stereocenters. The first-order valence-electron chi connectivity index (χ1n) is 5.88. The van der Waals surface area contributed by atoms with Crippen LogP contribution < -0.4 is 0 Å². The summed E-state index contributed by atoms with van der Waals surface area (Å²) in [5.41, 5.74) is 2.22. The molecule has 0 fully saturated rings. The smallest absolute Gasteiger partial charge is 0.164 e. The number of aliphatic hydroxyl groups excluding tert-OH is 1. The van der Waals surface area contributed by atoms with E-state index in [1.807, 2.05) is 26.0 Å². The molecule has 0 amide bonds. The van der Waals surface area contributed by atoms with Gasteiger partial charge in [0, 0.05) is 0 Å². The molecule has 92 valence electrons. The Morgan fingerprint density at radius 2 is 1.94 bits per heavy atom. The SMILES string of the molecule is CC(=O)[C@@]1(O)CCc2c(C)ccc(C)c2[C@@H]1O. The first-order chi connectivity index (χ1) is 7.88. The number of aryl methyl sites for hydroxylation is 2. The van der Waals surface area contributed by atoms with Gasteiger partial charge in [-0.05, 0) is 55.9 Å². The fourth-order valence-corrected chi connectivity index (χ4v) is 2.66. The Bertz CT molecular complexity index is 479. The number of hydrogen-bond acceptors (Lipinski definition) is 3. The van der Waals surface area contributed by atoms with Crippen molar-refractivity contribution in [2.75, 3.05) is 0 Å². The van der Waals surface area contributed by atoms with E-state index in [9.17, 15) is 15.0 Å². The molecule has 0 aromatic heterocycles. The molecule has 0 spiro atoms. The summed E-state index contributed by atoms with van der Waals surface area (Å²) in [7, 11) is 0. The minimum Gasteiger partial charge on any atom is -0.385 e. The third kappa shape index (κ3) is 1.70. The van der Waals surface area contributed by atoms with Gasteiger partial charge < -0.3 is 10.2 Å².